The molecule has 0 saturated carbocycles. The second-order valence-corrected chi connectivity index (χ2v) is 6.73. The molecule has 18 heavy (non-hydrogen) atoms. The zero-order valence-corrected chi connectivity index (χ0v) is 11.7. The van der Waals surface area contributed by atoms with Crippen molar-refractivity contribution >= 4 is 33.0 Å². The van der Waals surface area contributed by atoms with Crippen molar-refractivity contribution in [3.63, 3.8) is 0 Å². The minimum atomic E-state index is -3.50. The predicted molar refractivity (Wildman–Crippen MR) is 72.5 cm³/mol. The summed E-state index contributed by atoms with van der Waals surface area (Å²) < 4.78 is 26.3. The lowest BCUT2D eigenvalue weighted by Gasteiger charge is -2.05. The molecule has 0 atom stereocenters. The maximum atomic E-state index is 11.9. The van der Waals surface area contributed by atoms with Crippen LogP contribution >= 0.6 is 22.9 Å². The van der Waals surface area contributed by atoms with E-state index in [0.29, 0.717) is 13.0 Å². The van der Waals surface area contributed by atoms with Gasteiger partial charge in [-0.05, 0) is 30.0 Å². The second kappa shape index (κ2) is 5.79. The molecule has 4 nitrogen and oxygen atoms in total. The fraction of sp³-hybridized carbons (Fsp3) is 0.182. The molecule has 0 unspecified atom stereocenters. The van der Waals surface area contributed by atoms with E-state index >= 15 is 0 Å². The fourth-order valence-electron chi connectivity index (χ4n) is 1.37. The van der Waals surface area contributed by atoms with Crippen LogP contribution in [0.1, 0.15) is 4.88 Å². The summed E-state index contributed by atoms with van der Waals surface area (Å²) in [5.74, 6) is 0. The number of rotatable bonds is 5. The lowest BCUT2D eigenvalue weighted by molar-refractivity contribution is 0.581. The van der Waals surface area contributed by atoms with Crippen LogP contribution in [0.15, 0.2) is 40.7 Å². The van der Waals surface area contributed by atoms with E-state index < -0.39 is 10.0 Å². The molecule has 0 saturated heterocycles. The molecule has 96 valence electrons. The van der Waals surface area contributed by atoms with E-state index in [1.54, 1.807) is 11.3 Å². The zero-order chi connectivity index (χ0) is 13.0. The molecule has 0 aromatic carbocycles. The average molecular weight is 303 g/mol. The highest BCUT2D eigenvalue weighted by molar-refractivity contribution is 7.89. The number of aromatic nitrogens is 1. The van der Waals surface area contributed by atoms with Gasteiger partial charge in [0.1, 0.15) is 10.0 Å². The van der Waals surface area contributed by atoms with Gasteiger partial charge in [-0.25, -0.2) is 18.1 Å². The molecular weight excluding hydrogens is 292 g/mol. The topological polar surface area (TPSA) is 59.1 Å². The van der Waals surface area contributed by atoms with E-state index in [9.17, 15) is 8.42 Å². The van der Waals surface area contributed by atoms with Crippen LogP contribution in [0, 0.1) is 0 Å². The highest BCUT2D eigenvalue weighted by Gasteiger charge is 2.13. The van der Waals surface area contributed by atoms with E-state index in [-0.39, 0.29) is 10.0 Å². The molecule has 0 bridgehead atoms. The third kappa shape index (κ3) is 3.52. The lowest BCUT2D eigenvalue weighted by Crippen LogP contribution is -2.25. The van der Waals surface area contributed by atoms with Crippen LogP contribution in [0.5, 0.6) is 0 Å². The quantitative estimate of drug-likeness (QED) is 0.862. The summed E-state index contributed by atoms with van der Waals surface area (Å²) in [6, 6.07) is 6.80. The molecule has 0 spiro atoms. The largest absolute Gasteiger partial charge is 0.243 e. The Labute approximate surface area is 115 Å². The molecule has 0 fully saturated rings. The monoisotopic (exact) mass is 302 g/mol. The Bertz CT molecular complexity index is 594. The van der Waals surface area contributed by atoms with E-state index in [4.69, 9.17) is 11.6 Å². The number of halogens is 1. The van der Waals surface area contributed by atoms with Crippen molar-refractivity contribution in [2.75, 3.05) is 6.54 Å². The molecule has 7 heteroatoms. The first-order valence-corrected chi connectivity index (χ1v) is 7.95. The van der Waals surface area contributed by atoms with Crippen LogP contribution in [0.3, 0.4) is 0 Å². The molecule has 0 aliphatic rings. The Morgan fingerprint density at radius 3 is 2.78 bits per heavy atom. The van der Waals surface area contributed by atoms with Crippen molar-refractivity contribution in [1.82, 2.24) is 9.71 Å². The zero-order valence-electron chi connectivity index (χ0n) is 9.34. The van der Waals surface area contributed by atoms with Gasteiger partial charge in [-0.2, -0.15) is 0 Å². The summed E-state index contributed by atoms with van der Waals surface area (Å²) in [4.78, 5) is 5.02. The van der Waals surface area contributed by atoms with Crippen molar-refractivity contribution in [2.45, 2.75) is 11.3 Å². The van der Waals surface area contributed by atoms with E-state index in [0.717, 1.165) is 4.88 Å². The van der Waals surface area contributed by atoms with Crippen LogP contribution in [0.4, 0.5) is 0 Å². The van der Waals surface area contributed by atoms with Crippen LogP contribution in [-0.4, -0.2) is 19.9 Å². The van der Waals surface area contributed by atoms with Crippen molar-refractivity contribution in [3.05, 3.63) is 45.9 Å². The van der Waals surface area contributed by atoms with Crippen molar-refractivity contribution in [3.8, 4) is 0 Å². The molecule has 0 amide bonds. The summed E-state index contributed by atoms with van der Waals surface area (Å²) in [5.41, 5.74) is 0. The number of hydrogen-bond donors (Lipinski definition) is 1. The van der Waals surface area contributed by atoms with Crippen molar-refractivity contribution in [2.24, 2.45) is 0 Å². The van der Waals surface area contributed by atoms with Gasteiger partial charge in [0.2, 0.25) is 10.0 Å². The molecule has 0 aliphatic carbocycles. The highest BCUT2D eigenvalue weighted by atomic mass is 35.5. The summed E-state index contributed by atoms with van der Waals surface area (Å²) in [7, 11) is -3.50. The van der Waals surface area contributed by atoms with Crippen LogP contribution in [0.25, 0.3) is 0 Å². The molecule has 0 radical (unpaired) electrons. The van der Waals surface area contributed by atoms with Crippen molar-refractivity contribution < 1.29 is 8.42 Å². The van der Waals surface area contributed by atoms with Gasteiger partial charge in [-0.15, -0.1) is 11.3 Å². The average Bonchev–Trinajstić information content (AvgIpc) is 2.82. The lowest BCUT2D eigenvalue weighted by atomic mass is 10.3. The summed E-state index contributed by atoms with van der Waals surface area (Å²) in [5, 5.41) is 2.24. The smallest absolute Gasteiger partial charge is 0.242 e. The normalized spacial score (nSPS) is 11.6. The molecule has 1 N–H and O–H groups in total. The predicted octanol–water partition coefficient (Wildman–Crippen LogP) is 2.32. The standard InChI is InChI=1S/C11H11ClN2O2S2/c12-11-4-3-10(8-13-11)18(15,16)14-6-5-9-2-1-7-17-9/h1-4,7-8,14H,5-6H2. The Hall–Kier alpha value is -0.950. The third-order valence-electron chi connectivity index (χ3n) is 2.25. The number of pyridine rings is 1. The fourth-order valence-corrected chi connectivity index (χ4v) is 3.16. The Morgan fingerprint density at radius 2 is 2.17 bits per heavy atom. The Balaban J connectivity index is 1.97. The minimum Gasteiger partial charge on any atom is -0.243 e. The van der Waals surface area contributed by atoms with Crippen LogP contribution < -0.4 is 4.72 Å². The van der Waals surface area contributed by atoms with E-state index in [1.165, 1.54) is 18.3 Å². The van der Waals surface area contributed by atoms with Gasteiger partial charge in [-0.3, -0.25) is 0 Å². The number of hydrogen-bond acceptors (Lipinski definition) is 4. The third-order valence-corrected chi connectivity index (χ3v) is 4.86. The maximum absolute atomic E-state index is 11.9. The second-order valence-electron chi connectivity index (χ2n) is 3.54. The van der Waals surface area contributed by atoms with Gasteiger partial charge in [0.05, 0.1) is 0 Å². The first-order valence-electron chi connectivity index (χ1n) is 5.21. The molecule has 2 aromatic rings. The first-order chi connectivity index (χ1) is 8.58. The number of sulfonamides is 1. The number of nitrogens with one attached hydrogen (secondary N) is 1. The summed E-state index contributed by atoms with van der Waals surface area (Å²) in [6.45, 7) is 0.367. The van der Waals surface area contributed by atoms with Crippen molar-refractivity contribution in [1.29, 1.82) is 0 Å². The minimum absolute atomic E-state index is 0.123. The number of thiophene rings is 1. The number of nitrogens with zero attached hydrogens (tertiary/aromatic N) is 1. The van der Waals surface area contributed by atoms with E-state index in [1.807, 2.05) is 17.5 Å². The SMILES string of the molecule is O=S(=O)(NCCc1cccs1)c1ccc(Cl)nc1. The van der Waals surface area contributed by atoms with Gasteiger partial charge in [0.25, 0.3) is 0 Å². The molecule has 0 aliphatic heterocycles. The summed E-state index contributed by atoms with van der Waals surface area (Å²) >= 11 is 7.22. The van der Waals surface area contributed by atoms with Gasteiger partial charge < -0.3 is 0 Å². The molecule has 2 aromatic heterocycles. The summed E-state index contributed by atoms with van der Waals surface area (Å²) in [6.07, 6.45) is 1.92. The highest BCUT2D eigenvalue weighted by Crippen LogP contribution is 2.12. The maximum Gasteiger partial charge on any atom is 0.242 e. The first kappa shape index (κ1) is 13.5. The Morgan fingerprint density at radius 1 is 1.33 bits per heavy atom. The Kier molecular flexibility index (Phi) is 4.34. The van der Waals surface area contributed by atoms with Gasteiger partial charge in [-0.1, -0.05) is 17.7 Å². The van der Waals surface area contributed by atoms with Crippen LogP contribution in [0.2, 0.25) is 5.15 Å². The molecular formula is C11H11ClN2O2S2. The van der Waals surface area contributed by atoms with Gasteiger partial charge in [0.15, 0.2) is 0 Å². The van der Waals surface area contributed by atoms with Gasteiger partial charge >= 0.3 is 0 Å². The van der Waals surface area contributed by atoms with Gasteiger partial charge in [0, 0.05) is 17.6 Å². The van der Waals surface area contributed by atoms with Crippen LogP contribution in [-0.2, 0) is 16.4 Å². The van der Waals surface area contributed by atoms with E-state index in [2.05, 4.69) is 9.71 Å². The molecule has 2 heterocycles. The molecule has 2 rings (SSSR count).